The van der Waals surface area contributed by atoms with Gasteiger partial charge in [0.1, 0.15) is 5.82 Å². The zero-order valence-corrected chi connectivity index (χ0v) is 11.6. The maximum Gasteiger partial charge on any atom is 0.244 e. The average Bonchev–Trinajstić information content (AvgIpc) is 2.32. The fourth-order valence-electron chi connectivity index (χ4n) is 2.64. The molecule has 5 heteroatoms. The molecule has 2 atom stereocenters. The van der Waals surface area contributed by atoms with Gasteiger partial charge in [-0.1, -0.05) is 31.4 Å². The van der Waals surface area contributed by atoms with Crippen LogP contribution >= 0.6 is 11.6 Å². The maximum absolute atomic E-state index is 12.9. The molecule has 19 heavy (non-hydrogen) atoms. The largest absolute Gasteiger partial charge is 0.323 e. The number of nitrogens with one attached hydrogen (secondary N) is 1. The molecule has 0 spiro atoms. The van der Waals surface area contributed by atoms with Gasteiger partial charge >= 0.3 is 0 Å². The first-order valence-corrected chi connectivity index (χ1v) is 6.84. The van der Waals surface area contributed by atoms with Crippen molar-refractivity contribution >= 4 is 23.2 Å². The van der Waals surface area contributed by atoms with Crippen LogP contribution in [0.1, 0.15) is 32.6 Å². The average molecular weight is 285 g/mol. The predicted molar refractivity (Wildman–Crippen MR) is 74.6 cm³/mol. The second kappa shape index (κ2) is 5.47. The number of carbonyl (C=O) groups excluding carboxylic acids is 1. The smallest absolute Gasteiger partial charge is 0.244 e. The summed E-state index contributed by atoms with van der Waals surface area (Å²) < 4.78 is 12.9. The van der Waals surface area contributed by atoms with E-state index in [4.69, 9.17) is 17.3 Å². The molecule has 1 aliphatic carbocycles. The molecule has 3 nitrogen and oxygen atoms in total. The van der Waals surface area contributed by atoms with Gasteiger partial charge in [-0.2, -0.15) is 0 Å². The number of carbonyl (C=O) groups is 1. The second-order valence-corrected chi connectivity index (χ2v) is 5.84. The summed E-state index contributed by atoms with van der Waals surface area (Å²) in [6, 6.07) is 3.88. The molecule has 1 amide bonds. The van der Waals surface area contributed by atoms with Crippen molar-refractivity contribution in [2.75, 3.05) is 5.32 Å². The monoisotopic (exact) mass is 284 g/mol. The third-order valence-corrected chi connectivity index (χ3v) is 3.98. The van der Waals surface area contributed by atoms with E-state index in [1.165, 1.54) is 18.2 Å². The Bertz CT molecular complexity index is 494. The molecule has 3 N–H and O–H groups in total. The number of halogens is 2. The minimum absolute atomic E-state index is 0.181. The van der Waals surface area contributed by atoms with Crippen LogP contribution in [0.25, 0.3) is 0 Å². The standard InChI is InChI=1S/C14H18ClFN2O/c1-9-3-2-6-14(17,8-9)13(19)18-12-5-4-10(16)7-11(12)15/h4-5,7,9H,2-3,6,8,17H2,1H3,(H,18,19). The van der Waals surface area contributed by atoms with Crippen molar-refractivity contribution < 1.29 is 9.18 Å². The van der Waals surface area contributed by atoms with Gasteiger partial charge in [0, 0.05) is 0 Å². The summed E-state index contributed by atoms with van der Waals surface area (Å²) in [7, 11) is 0. The molecule has 0 heterocycles. The Morgan fingerprint density at radius 1 is 1.58 bits per heavy atom. The third-order valence-electron chi connectivity index (χ3n) is 3.66. The number of amides is 1. The summed E-state index contributed by atoms with van der Waals surface area (Å²) >= 11 is 5.89. The van der Waals surface area contributed by atoms with Gasteiger partial charge in [-0.05, 0) is 37.0 Å². The van der Waals surface area contributed by atoms with E-state index in [1.807, 2.05) is 0 Å². The van der Waals surface area contributed by atoms with E-state index in [-0.39, 0.29) is 10.9 Å². The highest BCUT2D eigenvalue weighted by Gasteiger charge is 2.38. The Morgan fingerprint density at radius 2 is 2.32 bits per heavy atom. The number of rotatable bonds is 2. The van der Waals surface area contributed by atoms with Crippen LogP contribution in [0.5, 0.6) is 0 Å². The summed E-state index contributed by atoms with van der Waals surface area (Å²) in [6.45, 7) is 2.10. The first-order chi connectivity index (χ1) is 8.90. The van der Waals surface area contributed by atoms with Crippen LogP contribution in [0.4, 0.5) is 10.1 Å². The highest BCUT2D eigenvalue weighted by molar-refractivity contribution is 6.33. The predicted octanol–water partition coefficient (Wildman–Crippen LogP) is 3.33. The van der Waals surface area contributed by atoms with Crippen LogP contribution in [0.3, 0.4) is 0 Å². The van der Waals surface area contributed by atoms with Crippen molar-refractivity contribution in [1.82, 2.24) is 0 Å². The zero-order valence-electron chi connectivity index (χ0n) is 10.9. The molecule has 1 aromatic carbocycles. The molecule has 1 fully saturated rings. The highest BCUT2D eigenvalue weighted by atomic mass is 35.5. The normalized spacial score (nSPS) is 27.1. The first-order valence-electron chi connectivity index (χ1n) is 6.46. The van der Waals surface area contributed by atoms with Crippen molar-refractivity contribution in [3.8, 4) is 0 Å². The van der Waals surface area contributed by atoms with Gasteiger partial charge in [0.15, 0.2) is 0 Å². The highest BCUT2D eigenvalue weighted by Crippen LogP contribution is 2.32. The lowest BCUT2D eigenvalue weighted by Gasteiger charge is -2.35. The van der Waals surface area contributed by atoms with Gasteiger partial charge in [-0.25, -0.2) is 4.39 Å². The molecular formula is C14H18ClFN2O. The Hall–Kier alpha value is -1.13. The number of nitrogens with two attached hydrogens (primary N) is 1. The Kier molecular flexibility index (Phi) is 4.11. The minimum Gasteiger partial charge on any atom is -0.323 e. The van der Waals surface area contributed by atoms with Gasteiger partial charge in [0.25, 0.3) is 0 Å². The number of hydrogen-bond donors (Lipinski definition) is 2. The first kappa shape index (κ1) is 14.3. The quantitative estimate of drug-likeness (QED) is 0.875. The molecule has 1 aromatic rings. The van der Waals surface area contributed by atoms with E-state index in [9.17, 15) is 9.18 Å². The van der Waals surface area contributed by atoms with Gasteiger partial charge in [0.2, 0.25) is 5.91 Å². The summed E-state index contributed by atoms with van der Waals surface area (Å²) in [5.74, 6) is -0.238. The van der Waals surface area contributed by atoms with Crippen LogP contribution in [-0.2, 0) is 4.79 Å². The molecular weight excluding hydrogens is 267 g/mol. The summed E-state index contributed by atoms with van der Waals surface area (Å²) in [5.41, 5.74) is 5.74. The van der Waals surface area contributed by atoms with Crippen LogP contribution in [0.15, 0.2) is 18.2 Å². The maximum atomic E-state index is 12.9. The third kappa shape index (κ3) is 3.25. The lowest BCUT2D eigenvalue weighted by molar-refractivity contribution is -0.122. The van der Waals surface area contributed by atoms with E-state index >= 15 is 0 Å². The van der Waals surface area contributed by atoms with Crippen molar-refractivity contribution in [3.63, 3.8) is 0 Å². The number of benzene rings is 1. The summed E-state index contributed by atoms with van der Waals surface area (Å²) in [4.78, 5) is 12.3. The molecule has 0 bridgehead atoms. The van der Waals surface area contributed by atoms with E-state index < -0.39 is 11.4 Å². The molecule has 1 saturated carbocycles. The van der Waals surface area contributed by atoms with E-state index in [0.29, 0.717) is 24.4 Å². The molecule has 0 aromatic heterocycles. The van der Waals surface area contributed by atoms with Crippen LogP contribution in [-0.4, -0.2) is 11.4 Å². The second-order valence-electron chi connectivity index (χ2n) is 5.44. The number of hydrogen-bond acceptors (Lipinski definition) is 2. The van der Waals surface area contributed by atoms with E-state index in [2.05, 4.69) is 12.2 Å². The molecule has 104 valence electrons. The molecule has 0 radical (unpaired) electrons. The molecule has 0 saturated heterocycles. The lowest BCUT2D eigenvalue weighted by atomic mass is 9.76. The SMILES string of the molecule is CC1CCCC(N)(C(=O)Nc2ccc(F)cc2Cl)C1. The van der Waals surface area contributed by atoms with Gasteiger partial charge in [-0.15, -0.1) is 0 Å². The zero-order chi connectivity index (χ0) is 14.0. The fourth-order valence-corrected chi connectivity index (χ4v) is 2.85. The summed E-state index contributed by atoms with van der Waals surface area (Å²) in [6.07, 6.45) is 3.38. The van der Waals surface area contributed by atoms with E-state index in [1.54, 1.807) is 0 Å². The molecule has 2 unspecified atom stereocenters. The van der Waals surface area contributed by atoms with Crippen LogP contribution in [0.2, 0.25) is 5.02 Å². The van der Waals surface area contributed by atoms with Crippen molar-refractivity contribution in [3.05, 3.63) is 29.0 Å². The van der Waals surface area contributed by atoms with Crippen LogP contribution in [0, 0.1) is 11.7 Å². The van der Waals surface area contributed by atoms with Gasteiger partial charge in [0.05, 0.1) is 16.2 Å². The lowest BCUT2D eigenvalue weighted by Crippen LogP contribution is -2.53. The Balaban J connectivity index is 2.12. The number of anilines is 1. The fraction of sp³-hybridized carbons (Fsp3) is 0.500. The van der Waals surface area contributed by atoms with E-state index in [0.717, 1.165) is 12.8 Å². The molecule has 2 rings (SSSR count). The van der Waals surface area contributed by atoms with Crippen molar-refractivity contribution in [1.29, 1.82) is 0 Å². The minimum atomic E-state index is -0.852. The molecule has 0 aliphatic heterocycles. The summed E-state index contributed by atoms with van der Waals surface area (Å²) in [5, 5.41) is 2.89. The van der Waals surface area contributed by atoms with Gasteiger partial charge in [-0.3, -0.25) is 4.79 Å². The Labute approximate surface area is 117 Å². The molecule has 1 aliphatic rings. The Morgan fingerprint density at radius 3 is 2.95 bits per heavy atom. The topological polar surface area (TPSA) is 55.1 Å². The van der Waals surface area contributed by atoms with Crippen molar-refractivity contribution in [2.24, 2.45) is 11.7 Å². The van der Waals surface area contributed by atoms with Gasteiger partial charge < -0.3 is 11.1 Å². The van der Waals surface area contributed by atoms with Crippen LogP contribution < -0.4 is 11.1 Å². The van der Waals surface area contributed by atoms with Crippen molar-refractivity contribution in [2.45, 2.75) is 38.1 Å².